The number of amides is 1. The average molecular weight is 156 g/mol. The predicted octanol–water partition coefficient (Wildman–Crippen LogP) is 0.180. The molecule has 0 atom stereocenters. The van der Waals surface area contributed by atoms with Gasteiger partial charge in [0.05, 0.1) is 0 Å². The first-order valence-corrected chi connectivity index (χ1v) is 2.31. The molecule has 1 amide bonds. The van der Waals surface area contributed by atoms with Crippen LogP contribution in [0.25, 0.3) is 0 Å². The van der Waals surface area contributed by atoms with Crippen molar-refractivity contribution < 1.29 is 22.7 Å². The van der Waals surface area contributed by atoms with Crippen LogP contribution < -0.4 is 5.32 Å². The van der Waals surface area contributed by atoms with Crippen LogP contribution in [0.15, 0.2) is 0 Å². The number of alkyl halides is 3. The second kappa shape index (κ2) is 4.10. The third-order valence-corrected chi connectivity index (χ3v) is 0.512. The van der Waals surface area contributed by atoms with Crippen molar-refractivity contribution in [2.75, 3.05) is 13.3 Å². The van der Waals surface area contributed by atoms with E-state index in [-0.39, 0.29) is 0 Å². The molecule has 0 aliphatic carbocycles. The van der Waals surface area contributed by atoms with E-state index >= 15 is 0 Å². The summed E-state index contributed by atoms with van der Waals surface area (Å²) < 4.78 is 37.6. The number of rotatable bonds is 4. The molecule has 6 heteroatoms. The molecule has 0 saturated carbocycles. The topological polar surface area (TPSA) is 38.3 Å². The van der Waals surface area contributed by atoms with Gasteiger partial charge in [-0.3, -0.25) is 4.79 Å². The highest BCUT2D eigenvalue weighted by Gasteiger charge is 2.27. The highest BCUT2D eigenvalue weighted by atomic mass is 19.4. The van der Waals surface area contributed by atoms with Crippen LogP contribution in [0, 0.1) is 0 Å². The van der Waals surface area contributed by atoms with E-state index in [1.807, 2.05) is 0 Å². The van der Waals surface area contributed by atoms with Gasteiger partial charge in [0.2, 0.25) is 0 Å². The van der Waals surface area contributed by atoms with Crippen LogP contribution >= 0.6 is 0 Å². The van der Waals surface area contributed by atoms with Gasteiger partial charge >= 0.3 is 12.6 Å². The monoisotopic (exact) mass is 156 g/mol. The molecule has 0 aliphatic heterocycles. The smallest absolute Gasteiger partial charge is 0.352 e. The van der Waals surface area contributed by atoms with E-state index < -0.39 is 19.5 Å². The molecule has 1 N–H and O–H groups in total. The van der Waals surface area contributed by atoms with Gasteiger partial charge in [-0.15, -0.1) is 0 Å². The minimum atomic E-state index is -4.34. The van der Waals surface area contributed by atoms with Crippen LogP contribution in [-0.2, 0) is 9.53 Å². The molecule has 0 rings (SSSR count). The van der Waals surface area contributed by atoms with Gasteiger partial charge in [-0.1, -0.05) is 0 Å². The molecule has 3 nitrogen and oxygen atoms in total. The number of nitrogens with one attached hydrogen (secondary N) is 1. The summed E-state index contributed by atoms with van der Waals surface area (Å²) in [6.07, 6.45) is -3.18. The Morgan fingerprint density at radius 1 is 1.50 bits per heavy atom. The molecular formula is C4H5F3NO2. The van der Waals surface area contributed by atoms with Crippen LogP contribution in [0.2, 0.25) is 0 Å². The van der Waals surface area contributed by atoms with Crippen molar-refractivity contribution in [3.8, 4) is 0 Å². The Balaban J connectivity index is 3.12. The SMILES string of the molecule is O=[C]NCOCC(F)(F)F. The van der Waals surface area contributed by atoms with Gasteiger partial charge in [-0.25, -0.2) is 0 Å². The van der Waals surface area contributed by atoms with E-state index in [4.69, 9.17) is 0 Å². The van der Waals surface area contributed by atoms with Crippen molar-refractivity contribution in [3.05, 3.63) is 0 Å². The van der Waals surface area contributed by atoms with Crippen LogP contribution in [-0.4, -0.2) is 25.9 Å². The molecule has 1 radical (unpaired) electrons. The lowest BCUT2D eigenvalue weighted by molar-refractivity contribution is -0.174. The maximum absolute atomic E-state index is 11.2. The first-order valence-electron chi connectivity index (χ1n) is 2.31. The maximum Gasteiger partial charge on any atom is 0.411 e. The summed E-state index contributed by atoms with van der Waals surface area (Å²) in [5.41, 5.74) is 0. The molecule has 0 heterocycles. The fraction of sp³-hybridized carbons (Fsp3) is 0.750. The number of carbonyl (C=O) groups excluding carboxylic acids is 1. The molecule has 10 heavy (non-hydrogen) atoms. The van der Waals surface area contributed by atoms with E-state index in [0.29, 0.717) is 0 Å². The molecule has 0 aromatic rings. The number of hydrogen-bond donors (Lipinski definition) is 1. The van der Waals surface area contributed by atoms with Crippen molar-refractivity contribution in [2.24, 2.45) is 0 Å². The lowest BCUT2D eigenvalue weighted by Crippen LogP contribution is -2.23. The van der Waals surface area contributed by atoms with E-state index in [9.17, 15) is 18.0 Å². The van der Waals surface area contributed by atoms with Crippen molar-refractivity contribution in [1.82, 2.24) is 5.32 Å². The summed E-state index contributed by atoms with van der Waals surface area (Å²) in [6.45, 7) is -1.83. The molecule has 0 saturated heterocycles. The Morgan fingerprint density at radius 2 is 2.10 bits per heavy atom. The van der Waals surface area contributed by atoms with Gasteiger partial charge in [-0.2, -0.15) is 13.2 Å². The average Bonchev–Trinajstić information content (AvgIpc) is 1.78. The highest BCUT2D eigenvalue weighted by Crippen LogP contribution is 2.13. The predicted molar refractivity (Wildman–Crippen MR) is 25.7 cm³/mol. The summed E-state index contributed by atoms with van der Waals surface area (Å²) in [4.78, 5) is 9.33. The first-order chi connectivity index (χ1) is 4.56. The van der Waals surface area contributed by atoms with Crippen LogP contribution in [0.3, 0.4) is 0 Å². The van der Waals surface area contributed by atoms with Crippen molar-refractivity contribution in [1.29, 1.82) is 0 Å². The van der Waals surface area contributed by atoms with E-state index in [1.54, 1.807) is 5.32 Å². The molecule has 0 aromatic carbocycles. The van der Waals surface area contributed by atoms with Crippen LogP contribution in [0.1, 0.15) is 0 Å². The zero-order chi connectivity index (χ0) is 8.04. The minimum Gasteiger partial charge on any atom is -0.352 e. The Bertz CT molecular complexity index is 103. The molecule has 0 bridgehead atoms. The lowest BCUT2D eigenvalue weighted by atomic mass is 10.7. The molecule has 59 valence electrons. The van der Waals surface area contributed by atoms with Crippen molar-refractivity contribution >= 4 is 6.41 Å². The Morgan fingerprint density at radius 3 is 2.50 bits per heavy atom. The van der Waals surface area contributed by atoms with Gasteiger partial charge in [0.25, 0.3) is 0 Å². The maximum atomic E-state index is 11.2. The molecule has 0 spiro atoms. The standard InChI is InChI=1S/C4H5F3NO2/c5-4(6,7)1-10-3-8-2-9/h1,3H2,(H,8,9). The van der Waals surface area contributed by atoms with Gasteiger partial charge in [0.1, 0.15) is 13.3 Å². The first kappa shape index (κ1) is 9.22. The van der Waals surface area contributed by atoms with Gasteiger partial charge < -0.3 is 10.1 Å². The van der Waals surface area contributed by atoms with E-state index in [1.165, 1.54) is 0 Å². The summed E-state index contributed by atoms with van der Waals surface area (Å²) in [6, 6.07) is 0. The highest BCUT2D eigenvalue weighted by molar-refractivity contribution is 5.46. The van der Waals surface area contributed by atoms with Crippen molar-refractivity contribution in [2.45, 2.75) is 6.18 Å². The Hall–Kier alpha value is -0.780. The third kappa shape index (κ3) is 7.22. The third-order valence-electron chi connectivity index (χ3n) is 0.512. The Kier molecular flexibility index (Phi) is 3.78. The van der Waals surface area contributed by atoms with E-state index in [0.717, 1.165) is 6.41 Å². The zero-order valence-electron chi connectivity index (χ0n) is 4.86. The van der Waals surface area contributed by atoms with Crippen LogP contribution in [0.5, 0.6) is 0 Å². The summed E-state index contributed by atoms with van der Waals surface area (Å²) in [5.74, 6) is 0. The number of halogens is 3. The fourth-order valence-corrected chi connectivity index (χ4v) is 0.247. The zero-order valence-corrected chi connectivity index (χ0v) is 4.86. The van der Waals surface area contributed by atoms with Gasteiger partial charge in [-0.05, 0) is 0 Å². The summed E-state index contributed by atoms with van der Waals surface area (Å²) >= 11 is 0. The lowest BCUT2D eigenvalue weighted by Gasteiger charge is -2.05. The van der Waals surface area contributed by atoms with Crippen molar-refractivity contribution in [3.63, 3.8) is 0 Å². The normalized spacial score (nSPS) is 11.1. The fourth-order valence-electron chi connectivity index (χ4n) is 0.247. The largest absolute Gasteiger partial charge is 0.411 e. The number of ether oxygens (including phenoxy) is 1. The summed E-state index contributed by atoms with van der Waals surface area (Å²) in [7, 11) is 0. The second-order valence-corrected chi connectivity index (χ2v) is 1.39. The molecular weight excluding hydrogens is 151 g/mol. The second-order valence-electron chi connectivity index (χ2n) is 1.39. The van der Waals surface area contributed by atoms with E-state index in [2.05, 4.69) is 4.74 Å². The van der Waals surface area contributed by atoms with Gasteiger partial charge in [0.15, 0.2) is 0 Å². The minimum absolute atomic E-state index is 0.469. The molecule has 0 fully saturated rings. The van der Waals surface area contributed by atoms with Crippen LogP contribution in [0.4, 0.5) is 13.2 Å². The molecule has 0 aromatic heterocycles. The Labute approximate surface area is 55.2 Å². The van der Waals surface area contributed by atoms with Gasteiger partial charge in [0, 0.05) is 0 Å². The molecule has 0 aliphatic rings. The number of hydrogen-bond acceptors (Lipinski definition) is 2. The molecule has 0 unspecified atom stereocenters. The summed E-state index contributed by atoms with van der Waals surface area (Å²) in [5, 5.41) is 1.79. The quantitative estimate of drug-likeness (QED) is 0.358.